The van der Waals surface area contributed by atoms with Crippen molar-refractivity contribution in [1.29, 1.82) is 0 Å². The standard InChI is InChI=1S/C15H26N2O2/c1-2-17(9-11-6-7-19-10-11)15(18)14-13-5-3-4-12(13)8-16-14/h11-14,16H,2-10H2,1H3. The van der Waals surface area contributed by atoms with Crippen LogP contribution < -0.4 is 5.32 Å². The highest BCUT2D eigenvalue weighted by atomic mass is 16.5. The number of fused-ring (bicyclic) bond motifs is 1. The number of hydrogen-bond acceptors (Lipinski definition) is 3. The number of ether oxygens (including phenoxy) is 1. The summed E-state index contributed by atoms with van der Waals surface area (Å²) in [6.45, 7) is 6.53. The summed E-state index contributed by atoms with van der Waals surface area (Å²) in [5.74, 6) is 2.23. The Hall–Kier alpha value is -0.610. The number of carbonyl (C=O) groups is 1. The van der Waals surface area contributed by atoms with Crippen molar-refractivity contribution in [3.05, 3.63) is 0 Å². The molecule has 1 amide bonds. The molecule has 4 atom stereocenters. The number of nitrogens with zero attached hydrogens (tertiary/aromatic N) is 1. The molecule has 0 aromatic rings. The topological polar surface area (TPSA) is 41.6 Å². The van der Waals surface area contributed by atoms with Gasteiger partial charge in [0, 0.05) is 25.6 Å². The zero-order chi connectivity index (χ0) is 13.2. The summed E-state index contributed by atoms with van der Waals surface area (Å²) in [4.78, 5) is 14.8. The van der Waals surface area contributed by atoms with Crippen LogP contribution in [0.15, 0.2) is 0 Å². The molecule has 4 unspecified atom stereocenters. The summed E-state index contributed by atoms with van der Waals surface area (Å²) in [6.07, 6.45) is 4.96. The van der Waals surface area contributed by atoms with Gasteiger partial charge in [0.2, 0.25) is 5.91 Å². The first-order valence-electron chi connectivity index (χ1n) is 7.89. The van der Waals surface area contributed by atoms with Crippen molar-refractivity contribution in [2.75, 3.05) is 32.8 Å². The van der Waals surface area contributed by atoms with Gasteiger partial charge in [-0.25, -0.2) is 0 Å². The van der Waals surface area contributed by atoms with Crippen LogP contribution in [-0.2, 0) is 9.53 Å². The van der Waals surface area contributed by atoms with Crippen molar-refractivity contribution in [3.63, 3.8) is 0 Å². The molecule has 4 heteroatoms. The van der Waals surface area contributed by atoms with E-state index in [1.807, 2.05) is 0 Å². The van der Waals surface area contributed by atoms with Crippen molar-refractivity contribution in [1.82, 2.24) is 10.2 Å². The third-order valence-electron chi connectivity index (χ3n) is 5.21. The number of rotatable bonds is 4. The van der Waals surface area contributed by atoms with Gasteiger partial charge in [0.1, 0.15) is 0 Å². The van der Waals surface area contributed by atoms with Gasteiger partial charge in [0.15, 0.2) is 0 Å². The quantitative estimate of drug-likeness (QED) is 0.833. The van der Waals surface area contributed by atoms with Gasteiger partial charge in [-0.1, -0.05) is 6.42 Å². The molecule has 0 aromatic heterocycles. The minimum atomic E-state index is 0.0924. The molecule has 19 heavy (non-hydrogen) atoms. The van der Waals surface area contributed by atoms with Gasteiger partial charge in [-0.3, -0.25) is 4.79 Å². The van der Waals surface area contributed by atoms with Crippen LogP contribution in [0, 0.1) is 17.8 Å². The van der Waals surface area contributed by atoms with Gasteiger partial charge in [-0.05, 0) is 44.6 Å². The smallest absolute Gasteiger partial charge is 0.240 e. The number of hydrogen-bond donors (Lipinski definition) is 1. The molecule has 3 rings (SSSR count). The predicted molar refractivity (Wildman–Crippen MR) is 73.8 cm³/mol. The lowest BCUT2D eigenvalue weighted by atomic mass is 9.93. The van der Waals surface area contributed by atoms with E-state index in [1.165, 1.54) is 19.3 Å². The molecule has 0 radical (unpaired) electrons. The average Bonchev–Trinajstić information content (AvgIpc) is 3.11. The van der Waals surface area contributed by atoms with E-state index >= 15 is 0 Å². The summed E-state index contributed by atoms with van der Waals surface area (Å²) < 4.78 is 5.42. The van der Waals surface area contributed by atoms with Gasteiger partial charge in [-0.15, -0.1) is 0 Å². The van der Waals surface area contributed by atoms with Gasteiger partial charge in [0.25, 0.3) is 0 Å². The van der Waals surface area contributed by atoms with Crippen LogP contribution in [0.5, 0.6) is 0 Å². The highest BCUT2D eigenvalue weighted by Crippen LogP contribution is 2.38. The summed E-state index contributed by atoms with van der Waals surface area (Å²) in [5, 5.41) is 3.48. The maximum atomic E-state index is 12.7. The van der Waals surface area contributed by atoms with Crippen LogP contribution >= 0.6 is 0 Å². The molecule has 3 fully saturated rings. The van der Waals surface area contributed by atoms with Crippen molar-refractivity contribution in [2.45, 2.75) is 38.6 Å². The molecule has 0 aromatic carbocycles. The van der Waals surface area contributed by atoms with E-state index in [1.54, 1.807) is 0 Å². The lowest BCUT2D eigenvalue weighted by Crippen LogP contribution is -2.47. The van der Waals surface area contributed by atoms with E-state index in [0.29, 0.717) is 17.7 Å². The summed E-state index contributed by atoms with van der Waals surface area (Å²) in [5.41, 5.74) is 0. The summed E-state index contributed by atoms with van der Waals surface area (Å²) in [7, 11) is 0. The fourth-order valence-electron chi connectivity index (χ4n) is 4.07. The second kappa shape index (κ2) is 5.80. The van der Waals surface area contributed by atoms with E-state index < -0.39 is 0 Å². The molecular weight excluding hydrogens is 240 g/mol. The fraction of sp³-hybridized carbons (Fsp3) is 0.933. The summed E-state index contributed by atoms with van der Waals surface area (Å²) >= 11 is 0. The lowest BCUT2D eigenvalue weighted by molar-refractivity contribution is -0.134. The molecule has 2 aliphatic heterocycles. The van der Waals surface area contributed by atoms with Gasteiger partial charge >= 0.3 is 0 Å². The molecule has 2 heterocycles. The van der Waals surface area contributed by atoms with E-state index in [-0.39, 0.29) is 6.04 Å². The molecular formula is C15H26N2O2. The predicted octanol–water partition coefficient (Wildman–Crippen LogP) is 1.26. The van der Waals surface area contributed by atoms with E-state index in [0.717, 1.165) is 45.2 Å². The zero-order valence-corrected chi connectivity index (χ0v) is 11.9. The monoisotopic (exact) mass is 266 g/mol. The van der Waals surface area contributed by atoms with E-state index in [9.17, 15) is 4.79 Å². The molecule has 0 bridgehead atoms. The maximum Gasteiger partial charge on any atom is 0.240 e. The molecule has 4 nitrogen and oxygen atoms in total. The van der Waals surface area contributed by atoms with Gasteiger partial charge in [0.05, 0.1) is 12.6 Å². The Labute approximate surface area is 115 Å². The van der Waals surface area contributed by atoms with Crippen molar-refractivity contribution >= 4 is 5.91 Å². The highest BCUT2D eigenvalue weighted by molar-refractivity contribution is 5.82. The van der Waals surface area contributed by atoms with Crippen LogP contribution in [0.3, 0.4) is 0 Å². The first-order valence-corrected chi connectivity index (χ1v) is 7.89. The highest BCUT2D eigenvalue weighted by Gasteiger charge is 2.43. The number of nitrogens with one attached hydrogen (secondary N) is 1. The Morgan fingerprint density at radius 2 is 2.26 bits per heavy atom. The zero-order valence-electron chi connectivity index (χ0n) is 11.9. The van der Waals surface area contributed by atoms with Crippen molar-refractivity contribution in [2.24, 2.45) is 17.8 Å². The van der Waals surface area contributed by atoms with Crippen molar-refractivity contribution < 1.29 is 9.53 Å². The lowest BCUT2D eigenvalue weighted by Gasteiger charge is -2.28. The second-order valence-corrected chi connectivity index (χ2v) is 6.35. The number of amides is 1. The minimum Gasteiger partial charge on any atom is -0.381 e. The molecule has 1 saturated carbocycles. The van der Waals surface area contributed by atoms with E-state index in [2.05, 4.69) is 17.1 Å². The largest absolute Gasteiger partial charge is 0.381 e. The SMILES string of the molecule is CCN(CC1CCOC1)C(=O)C1NCC2CCCC21. The van der Waals surface area contributed by atoms with Crippen LogP contribution in [0.4, 0.5) is 0 Å². The average molecular weight is 266 g/mol. The molecule has 1 N–H and O–H groups in total. The first-order chi connectivity index (χ1) is 9.29. The molecule has 3 aliphatic rings. The maximum absolute atomic E-state index is 12.7. The second-order valence-electron chi connectivity index (χ2n) is 6.35. The van der Waals surface area contributed by atoms with Gasteiger partial charge in [-0.2, -0.15) is 0 Å². The molecule has 0 spiro atoms. The third-order valence-corrected chi connectivity index (χ3v) is 5.21. The molecule has 2 saturated heterocycles. The fourth-order valence-corrected chi connectivity index (χ4v) is 4.07. The Morgan fingerprint density at radius 3 is 3.00 bits per heavy atom. The number of likely N-dealkylation sites (N-methyl/N-ethyl adjacent to an activating group) is 1. The Balaban J connectivity index is 1.60. The Kier molecular flexibility index (Phi) is 4.08. The van der Waals surface area contributed by atoms with Crippen LogP contribution in [0.1, 0.15) is 32.6 Å². The van der Waals surface area contributed by atoms with Crippen LogP contribution in [0.2, 0.25) is 0 Å². The number of carbonyl (C=O) groups excluding carboxylic acids is 1. The minimum absolute atomic E-state index is 0.0924. The Morgan fingerprint density at radius 1 is 1.37 bits per heavy atom. The first kappa shape index (κ1) is 13.4. The van der Waals surface area contributed by atoms with E-state index in [4.69, 9.17) is 4.74 Å². The molecule has 108 valence electrons. The normalized spacial score (nSPS) is 37.5. The Bertz CT molecular complexity index is 328. The van der Waals surface area contributed by atoms with Crippen molar-refractivity contribution in [3.8, 4) is 0 Å². The summed E-state index contributed by atoms with van der Waals surface area (Å²) in [6, 6.07) is 0.0924. The van der Waals surface area contributed by atoms with Gasteiger partial charge < -0.3 is 15.0 Å². The third kappa shape index (κ3) is 2.65. The van der Waals surface area contributed by atoms with Crippen LogP contribution in [-0.4, -0.2) is 49.7 Å². The van der Waals surface area contributed by atoms with Crippen LogP contribution in [0.25, 0.3) is 0 Å². The molecule has 1 aliphatic carbocycles.